The largest absolute Gasteiger partial charge is 0.444 e. The molecule has 12 heterocycles. The standard InChI is InChI=1S/C23H30N6O3.C22H31N7O.C18H22N6O.C14H14N4O2S.C10H20N2O2.C4H10BrN.BrH/c1-23(2,3)32-22(31)28-10-8-17(9-11-28)26-21-25-14-16-12-15(13-24)20(30)29(19(16)27-21)18-6-4-5-7-18;1-27(2)11-12-28-9-7-18(8-10-28)25-22-24-15-17-13-16(14-23)21(30)29(20(17)26-22)19-5-3-4-6-19;19-10-12-9-13-11-21-18(22-14-5-7-20-8-6-14)23-16(13)24(17(12)25)15-3-1-2-4-15;1-21(20)14-16-8-10-6-9(7-15)13(19)18(12(10)17-14)11-4-2-3-5-11;1-10(2,3)14-9(13)12-6-4-8(11)5-7-12;1-6(2)4-3-5;/h12,14,17-18H,4-11H2,1-3H3,(H,25,26,27);13,15,18-19H,3-12H2,1-2H3,(H,24,25,26);9,11,14-15,20H,1-8H2,(H,21,22,23);6,8,11H,2-5H2,1H3;8H,4-7,11H2,1-3H3;3-4H2,1-2H3;1H. The molecule has 4 aliphatic carbocycles. The maximum Gasteiger partial charge on any atom is 0.410 e. The summed E-state index contributed by atoms with van der Waals surface area (Å²) in [5.41, 5.74) is 6.69. The van der Waals surface area contributed by atoms with Crippen LogP contribution in [0.5, 0.6) is 0 Å². The Morgan fingerprint density at radius 1 is 0.473 bits per heavy atom. The Labute approximate surface area is 776 Å². The number of carbonyl (C=O) groups is 2. The number of alkyl halides is 1. The monoisotopic (exact) mass is 1920 g/mol. The topological polar surface area (TPSA) is 446 Å². The normalized spacial score (nSPS) is 17.9. The Morgan fingerprint density at radius 3 is 1.05 bits per heavy atom. The highest BCUT2D eigenvalue weighted by atomic mass is 79.9. The second-order valence-corrected chi connectivity index (χ2v) is 38.9. The molecule has 4 saturated carbocycles. The highest BCUT2D eigenvalue weighted by Crippen LogP contribution is 2.36. The molecule has 38 heteroatoms. The molecule has 0 spiro atoms. The van der Waals surface area contributed by atoms with Crippen LogP contribution in [0.15, 0.2) is 73.4 Å². The van der Waals surface area contributed by atoms with Crippen LogP contribution in [-0.4, -0.2) is 246 Å². The molecular formula is C91H128Br2N26O9S. The summed E-state index contributed by atoms with van der Waals surface area (Å²) < 4.78 is 29.1. The molecule has 1 unspecified atom stereocenters. The zero-order valence-electron chi connectivity index (χ0n) is 76.5. The van der Waals surface area contributed by atoms with Gasteiger partial charge in [-0.25, -0.2) is 34.5 Å². The Balaban J connectivity index is 0.000000168. The molecule has 8 fully saturated rings. The average molecular weight is 1920 g/mol. The Bertz CT molecular complexity index is 5600. The van der Waals surface area contributed by atoms with Crippen molar-refractivity contribution in [2.24, 2.45) is 5.73 Å². The van der Waals surface area contributed by atoms with Crippen molar-refractivity contribution in [3.63, 3.8) is 0 Å². The van der Waals surface area contributed by atoms with E-state index < -0.39 is 22.0 Å². The minimum absolute atomic E-state index is 0. The molecule has 8 aliphatic rings. The van der Waals surface area contributed by atoms with Gasteiger partial charge >= 0.3 is 12.2 Å². The van der Waals surface area contributed by atoms with E-state index in [9.17, 15) is 48.8 Å². The number of pyridine rings is 4. The average Bonchev–Trinajstić information content (AvgIpc) is 1.78. The lowest BCUT2D eigenvalue weighted by molar-refractivity contribution is 0.0197. The molecule has 4 saturated heterocycles. The molecule has 16 rings (SSSR count). The summed E-state index contributed by atoms with van der Waals surface area (Å²) in [5.74, 6) is 1.60. The molecule has 129 heavy (non-hydrogen) atoms. The van der Waals surface area contributed by atoms with Crippen LogP contribution >= 0.6 is 32.9 Å². The van der Waals surface area contributed by atoms with Crippen molar-refractivity contribution in [2.75, 3.05) is 128 Å². The van der Waals surface area contributed by atoms with Crippen LogP contribution in [0.4, 0.5) is 27.4 Å². The zero-order chi connectivity index (χ0) is 91.9. The van der Waals surface area contributed by atoms with Gasteiger partial charge in [0, 0.05) is 165 Å². The molecule has 6 N–H and O–H groups in total. The van der Waals surface area contributed by atoms with Crippen molar-refractivity contribution in [3.8, 4) is 24.3 Å². The lowest BCUT2D eigenvalue weighted by Gasteiger charge is -2.33. The van der Waals surface area contributed by atoms with E-state index in [1.165, 1.54) is 18.5 Å². The molecule has 35 nitrogen and oxygen atoms in total. The number of rotatable bonds is 16. The van der Waals surface area contributed by atoms with Crippen LogP contribution in [0.1, 0.15) is 242 Å². The second kappa shape index (κ2) is 47.7. The highest BCUT2D eigenvalue weighted by molar-refractivity contribution is 9.09. The summed E-state index contributed by atoms with van der Waals surface area (Å²) in [6.45, 7) is 21.3. The third-order valence-electron chi connectivity index (χ3n) is 24.2. The van der Waals surface area contributed by atoms with E-state index in [0.717, 1.165) is 229 Å². The number of nitrogens with one attached hydrogen (secondary N) is 4. The number of piperidine rings is 4. The molecule has 696 valence electrons. The molecule has 2 amide bonds. The first-order valence-electron chi connectivity index (χ1n) is 45.3. The van der Waals surface area contributed by atoms with Gasteiger partial charge in [-0.3, -0.25) is 41.7 Å². The fourth-order valence-electron chi connectivity index (χ4n) is 17.4. The third-order valence-corrected chi connectivity index (χ3v) is 25.3. The van der Waals surface area contributed by atoms with Crippen molar-refractivity contribution >= 4 is 118 Å². The Kier molecular flexibility index (Phi) is 37.4. The summed E-state index contributed by atoms with van der Waals surface area (Å²) >= 11 is 3.31. The summed E-state index contributed by atoms with van der Waals surface area (Å²) in [5, 5.41) is 54.9. The molecular weight excluding hydrogens is 1790 g/mol. The van der Waals surface area contributed by atoms with Gasteiger partial charge < -0.3 is 61.0 Å². The van der Waals surface area contributed by atoms with E-state index in [1.807, 2.05) is 65.8 Å². The lowest BCUT2D eigenvalue weighted by atomic mass is 10.1. The smallest absolute Gasteiger partial charge is 0.410 e. The number of halogens is 2. The van der Waals surface area contributed by atoms with Gasteiger partial charge in [-0.1, -0.05) is 67.3 Å². The number of nitrogens with two attached hydrogens (primary N) is 1. The van der Waals surface area contributed by atoms with E-state index in [0.29, 0.717) is 76.4 Å². The number of amides is 2. The van der Waals surface area contributed by atoms with E-state index in [2.05, 4.69) is 115 Å². The van der Waals surface area contributed by atoms with Crippen LogP contribution in [-0.2, 0) is 20.3 Å². The predicted molar refractivity (Wildman–Crippen MR) is 510 cm³/mol. The van der Waals surface area contributed by atoms with E-state index in [-0.39, 0.29) is 115 Å². The molecule has 4 aliphatic heterocycles. The number of hydrogen-bond donors (Lipinski definition) is 5. The van der Waals surface area contributed by atoms with Crippen molar-refractivity contribution in [3.05, 3.63) is 113 Å². The molecule has 8 aromatic heterocycles. The molecule has 0 aromatic carbocycles. The number of aromatic nitrogens is 12. The number of carbonyl (C=O) groups excluding carboxylic acids is 2. The highest BCUT2D eigenvalue weighted by Gasteiger charge is 2.33. The van der Waals surface area contributed by atoms with Gasteiger partial charge in [0.1, 0.15) is 80.3 Å². The molecule has 8 aromatic rings. The van der Waals surface area contributed by atoms with Crippen molar-refractivity contribution in [1.82, 2.24) is 88.0 Å². The number of ether oxygens (including phenoxy) is 2. The third kappa shape index (κ3) is 28.0. The van der Waals surface area contributed by atoms with E-state index in [1.54, 1.807) is 64.9 Å². The van der Waals surface area contributed by atoms with Gasteiger partial charge in [0.15, 0.2) is 0 Å². The van der Waals surface area contributed by atoms with Gasteiger partial charge in [-0.05, 0) is 210 Å². The first kappa shape index (κ1) is 101. The van der Waals surface area contributed by atoms with Crippen LogP contribution < -0.4 is 49.2 Å². The van der Waals surface area contributed by atoms with Crippen LogP contribution in [0.25, 0.3) is 44.1 Å². The molecule has 0 radical (unpaired) electrons. The van der Waals surface area contributed by atoms with Crippen LogP contribution in [0.2, 0.25) is 0 Å². The van der Waals surface area contributed by atoms with Gasteiger partial charge in [-0.2, -0.15) is 36.0 Å². The zero-order valence-corrected chi connectivity index (χ0v) is 80.6. The van der Waals surface area contributed by atoms with E-state index in [4.69, 9.17) is 25.5 Å². The summed E-state index contributed by atoms with van der Waals surface area (Å²) in [6, 6.07) is 15.8. The SMILES string of the molecule is Br.CC(C)(C)OC(=O)N1CCC(N)CC1.CC(C)(C)OC(=O)N1CCC(Nc2ncc3cc(C#N)c(=O)n(C4CCCC4)c3n2)CC1.CN(C)CCBr.CN(C)CCN1CCC(Nc2ncc3cc(C#N)c(=O)n(C4CCCC4)c3n2)CC1.CS(=O)c1ncc2cc(C#N)c(=O)n(C3CCCC3)c2n1.N#Cc1cc2cnc(NC3CCNCC3)nc2n(C2CCCC2)c1=O. The second-order valence-electron chi connectivity index (χ2n) is 36.9. The molecule has 0 bridgehead atoms. The number of likely N-dealkylation sites (N-methyl/N-ethyl adjacent to an activating group) is 1. The molecule has 1 atom stereocenters. The number of anilines is 3. The van der Waals surface area contributed by atoms with Gasteiger partial charge in [-0.15, -0.1) is 17.0 Å². The summed E-state index contributed by atoms with van der Waals surface area (Å²) in [7, 11) is 7.02. The maximum absolute atomic E-state index is 12.9. The maximum atomic E-state index is 12.9. The fraction of sp³-hybridized carbons (Fsp3) is 0.626. The number of nitrogens with zero attached hydrogens (tertiary/aromatic N) is 21. The van der Waals surface area contributed by atoms with Crippen LogP contribution in [0, 0.1) is 45.3 Å². The first-order valence-corrected chi connectivity index (χ1v) is 47.9. The summed E-state index contributed by atoms with van der Waals surface area (Å²) in [4.78, 5) is 121. The number of nitriles is 4. The van der Waals surface area contributed by atoms with Crippen molar-refractivity contribution in [1.29, 1.82) is 21.0 Å². The van der Waals surface area contributed by atoms with Crippen molar-refractivity contribution in [2.45, 2.75) is 260 Å². The Hall–Kier alpha value is -10.0. The van der Waals surface area contributed by atoms with Crippen LogP contribution in [0.3, 0.4) is 0 Å². The fourth-order valence-corrected chi connectivity index (χ4v) is 18.5. The van der Waals surface area contributed by atoms with Crippen molar-refractivity contribution < 1.29 is 23.3 Å². The first-order chi connectivity index (χ1) is 61.3. The minimum Gasteiger partial charge on any atom is -0.444 e. The van der Waals surface area contributed by atoms with Gasteiger partial charge in [0.2, 0.25) is 23.0 Å². The lowest BCUT2D eigenvalue weighted by Crippen LogP contribution is -2.44. The Morgan fingerprint density at radius 2 is 0.767 bits per heavy atom. The van der Waals surface area contributed by atoms with Gasteiger partial charge in [0.25, 0.3) is 22.2 Å². The summed E-state index contributed by atoms with van der Waals surface area (Å²) in [6.07, 6.45) is 31.3. The van der Waals surface area contributed by atoms with E-state index >= 15 is 0 Å². The van der Waals surface area contributed by atoms with Gasteiger partial charge in [0.05, 0.1) is 10.8 Å². The number of fused-ring (bicyclic) bond motifs is 4. The number of likely N-dealkylation sites (tertiary alicyclic amines) is 3. The predicted octanol–water partition coefficient (Wildman–Crippen LogP) is 12.1. The quantitative estimate of drug-likeness (QED) is 0.0443. The minimum atomic E-state index is -1.31. The number of hydrogen-bond acceptors (Lipinski definition) is 29.